The average Bonchev–Trinajstić information content (AvgIpc) is 2.86. The Morgan fingerprint density at radius 2 is 2.12 bits per heavy atom. The molecule has 0 aromatic heterocycles. The second-order valence-corrected chi connectivity index (χ2v) is 7.25. The predicted molar refractivity (Wildman–Crippen MR) is 99.8 cm³/mol. The van der Waals surface area contributed by atoms with Gasteiger partial charge in [0.15, 0.2) is 0 Å². The number of carbonyl (C=O) groups is 4. The molecular formula is C17H29N3O5S. The molecule has 1 rings (SSSR count). The van der Waals surface area contributed by atoms with Gasteiger partial charge in [-0.05, 0) is 27.3 Å². The third-order valence-corrected chi connectivity index (χ3v) is 5.36. The van der Waals surface area contributed by atoms with Crippen molar-refractivity contribution in [3.05, 3.63) is 0 Å². The Morgan fingerprint density at radius 1 is 1.38 bits per heavy atom. The Labute approximate surface area is 158 Å². The van der Waals surface area contributed by atoms with Crippen LogP contribution in [0.5, 0.6) is 0 Å². The molecule has 148 valence electrons. The van der Waals surface area contributed by atoms with E-state index in [2.05, 4.69) is 10.6 Å². The van der Waals surface area contributed by atoms with E-state index in [-0.39, 0.29) is 48.9 Å². The fourth-order valence-electron chi connectivity index (χ4n) is 2.48. The van der Waals surface area contributed by atoms with E-state index in [1.165, 1.54) is 18.7 Å². The number of likely N-dealkylation sites (N-methyl/N-ethyl adjacent to an activating group) is 1. The fraction of sp³-hybridized carbons (Fsp3) is 0.765. The minimum Gasteiger partial charge on any atom is -0.382 e. The summed E-state index contributed by atoms with van der Waals surface area (Å²) < 4.78 is 5.18. The molecule has 0 aromatic carbocycles. The quantitative estimate of drug-likeness (QED) is 0.337. The van der Waals surface area contributed by atoms with E-state index in [1.54, 1.807) is 7.05 Å². The SMILES string of the molecule is CCOCCCNC(=O)CCN1C(=O)CC(SC[C@H](NC)C(C)=O)C1=O. The fourth-order valence-corrected chi connectivity index (χ4v) is 3.84. The van der Waals surface area contributed by atoms with E-state index < -0.39 is 5.25 Å². The lowest BCUT2D eigenvalue weighted by Crippen LogP contribution is -2.37. The smallest absolute Gasteiger partial charge is 0.242 e. The highest BCUT2D eigenvalue weighted by Gasteiger charge is 2.39. The number of hydrogen-bond acceptors (Lipinski definition) is 7. The lowest BCUT2D eigenvalue weighted by Gasteiger charge is -2.16. The van der Waals surface area contributed by atoms with Crippen LogP contribution in [0, 0.1) is 0 Å². The summed E-state index contributed by atoms with van der Waals surface area (Å²) in [5.74, 6) is -0.299. The van der Waals surface area contributed by atoms with Gasteiger partial charge in [0.2, 0.25) is 17.7 Å². The maximum absolute atomic E-state index is 12.4. The van der Waals surface area contributed by atoms with Gasteiger partial charge in [-0.25, -0.2) is 0 Å². The maximum Gasteiger partial charge on any atom is 0.242 e. The molecule has 0 aromatic rings. The molecule has 1 saturated heterocycles. The van der Waals surface area contributed by atoms with E-state index in [0.717, 1.165) is 11.3 Å². The van der Waals surface area contributed by atoms with Gasteiger partial charge >= 0.3 is 0 Å². The molecule has 9 heteroatoms. The standard InChI is InChI=1S/C17H29N3O5S/c1-4-25-9-5-7-19-15(22)6-8-20-16(23)10-14(17(20)24)26-11-13(18-3)12(2)21/h13-14,18H,4-11H2,1-3H3,(H,19,22)/t13-,14?/m0/s1. The Hall–Kier alpha value is -1.45. The molecule has 1 aliphatic heterocycles. The Morgan fingerprint density at radius 3 is 2.73 bits per heavy atom. The lowest BCUT2D eigenvalue weighted by molar-refractivity contribution is -0.138. The van der Waals surface area contributed by atoms with Crippen molar-refractivity contribution in [1.82, 2.24) is 15.5 Å². The second-order valence-electron chi connectivity index (χ2n) is 6.01. The summed E-state index contributed by atoms with van der Waals surface area (Å²) >= 11 is 1.31. The molecule has 3 amide bonds. The summed E-state index contributed by atoms with van der Waals surface area (Å²) in [6.07, 6.45) is 0.937. The first-order chi connectivity index (χ1) is 12.4. The molecule has 1 fully saturated rings. The number of nitrogens with one attached hydrogen (secondary N) is 2. The molecule has 26 heavy (non-hydrogen) atoms. The molecular weight excluding hydrogens is 358 g/mol. The van der Waals surface area contributed by atoms with Crippen LogP contribution in [0.3, 0.4) is 0 Å². The largest absolute Gasteiger partial charge is 0.382 e. The summed E-state index contributed by atoms with van der Waals surface area (Å²) in [7, 11) is 1.69. The zero-order valence-corrected chi connectivity index (χ0v) is 16.5. The van der Waals surface area contributed by atoms with Crippen molar-refractivity contribution >= 4 is 35.3 Å². The third-order valence-electron chi connectivity index (χ3n) is 4.06. The number of imide groups is 1. The number of carbonyl (C=O) groups excluding carboxylic acids is 4. The highest BCUT2D eigenvalue weighted by molar-refractivity contribution is 8.00. The van der Waals surface area contributed by atoms with Gasteiger partial charge < -0.3 is 15.4 Å². The van der Waals surface area contributed by atoms with Crippen molar-refractivity contribution in [1.29, 1.82) is 0 Å². The summed E-state index contributed by atoms with van der Waals surface area (Å²) in [6, 6.07) is -0.334. The van der Waals surface area contributed by atoms with Gasteiger partial charge in [0.05, 0.1) is 11.3 Å². The van der Waals surface area contributed by atoms with E-state index >= 15 is 0 Å². The number of likely N-dealkylation sites (tertiary alicyclic amines) is 1. The number of nitrogens with zero attached hydrogens (tertiary/aromatic N) is 1. The number of Topliss-reactive ketones (excluding diaryl/α,β-unsaturated/α-hetero) is 1. The van der Waals surface area contributed by atoms with Gasteiger partial charge in [-0.3, -0.25) is 24.1 Å². The van der Waals surface area contributed by atoms with Crippen molar-refractivity contribution in [2.24, 2.45) is 0 Å². The van der Waals surface area contributed by atoms with Crippen molar-refractivity contribution in [3.63, 3.8) is 0 Å². The summed E-state index contributed by atoms with van der Waals surface area (Å²) in [6.45, 7) is 5.24. The van der Waals surface area contributed by atoms with Crippen LogP contribution in [0.4, 0.5) is 0 Å². The number of hydrogen-bond donors (Lipinski definition) is 2. The number of thioether (sulfide) groups is 1. The summed E-state index contributed by atoms with van der Waals surface area (Å²) in [5, 5.41) is 5.16. The van der Waals surface area contributed by atoms with Gasteiger partial charge in [0.25, 0.3) is 0 Å². The zero-order chi connectivity index (χ0) is 19.5. The zero-order valence-electron chi connectivity index (χ0n) is 15.7. The van der Waals surface area contributed by atoms with Crippen LogP contribution in [0.15, 0.2) is 0 Å². The van der Waals surface area contributed by atoms with Gasteiger partial charge in [0.1, 0.15) is 5.78 Å². The van der Waals surface area contributed by atoms with Crippen LogP contribution in [0.1, 0.15) is 33.1 Å². The number of ether oxygens (including phenoxy) is 1. The molecule has 2 atom stereocenters. The Balaban J connectivity index is 2.35. The molecule has 0 bridgehead atoms. The summed E-state index contributed by atoms with van der Waals surface area (Å²) in [5.41, 5.74) is 0. The average molecular weight is 388 g/mol. The summed E-state index contributed by atoms with van der Waals surface area (Å²) in [4.78, 5) is 48.8. The normalized spacial score (nSPS) is 18.3. The molecule has 0 aliphatic carbocycles. The molecule has 8 nitrogen and oxygen atoms in total. The molecule has 2 N–H and O–H groups in total. The second kappa shape index (κ2) is 12.0. The van der Waals surface area contributed by atoms with Gasteiger partial charge in [-0.15, -0.1) is 11.8 Å². The number of ketones is 1. The van der Waals surface area contributed by atoms with Gasteiger partial charge in [-0.2, -0.15) is 0 Å². The van der Waals surface area contributed by atoms with Crippen molar-refractivity contribution in [3.8, 4) is 0 Å². The first kappa shape index (κ1) is 22.6. The van der Waals surface area contributed by atoms with Gasteiger partial charge in [0, 0.05) is 44.9 Å². The topological polar surface area (TPSA) is 105 Å². The monoisotopic (exact) mass is 387 g/mol. The minimum absolute atomic E-state index is 0.00497. The lowest BCUT2D eigenvalue weighted by atomic mass is 10.2. The first-order valence-electron chi connectivity index (χ1n) is 8.88. The van der Waals surface area contributed by atoms with E-state index in [1.807, 2.05) is 6.92 Å². The first-order valence-corrected chi connectivity index (χ1v) is 9.93. The number of amides is 3. The highest BCUT2D eigenvalue weighted by Crippen LogP contribution is 2.26. The van der Waals surface area contributed by atoms with E-state index in [4.69, 9.17) is 4.74 Å². The molecule has 1 unspecified atom stereocenters. The molecule has 0 radical (unpaired) electrons. The van der Waals surface area contributed by atoms with Crippen LogP contribution in [-0.2, 0) is 23.9 Å². The molecule has 1 heterocycles. The Bertz CT molecular complexity index is 515. The van der Waals surface area contributed by atoms with Crippen LogP contribution < -0.4 is 10.6 Å². The molecule has 0 spiro atoms. The van der Waals surface area contributed by atoms with Crippen LogP contribution in [-0.4, -0.2) is 78.8 Å². The van der Waals surface area contributed by atoms with Crippen molar-refractivity contribution in [2.75, 3.05) is 39.1 Å². The molecule has 1 aliphatic rings. The Kier molecular flexibility index (Phi) is 10.5. The maximum atomic E-state index is 12.4. The predicted octanol–water partition coefficient (Wildman–Crippen LogP) is -0.0430. The highest BCUT2D eigenvalue weighted by atomic mass is 32.2. The van der Waals surface area contributed by atoms with Gasteiger partial charge in [-0.1, -0.05) is 0 Å². The van der Waals surface area contributed by atoms with Crippen LogP contribution in [0.25, 0.3) is 0 Å². The van der Waals surface area contributed by atoms with Crippen LogP contribution >= 0.6 is 11.8 Å². The van der Waals surface area contributed by atoms with Crippen molar-refractivity contribution < 1.29 is 23.9 Å². The van der Waals surface area contributed by atoms with Crippen molar-refractivity contribution in [2.45, 2.75) is 44.4 Å². The molecule has 0 saturated carbocycles. The number of rotatable bonds is 13. The van der Waals surface area contributed by atoms with Crippen LogP contribution in [0.2, 0.25) is 0 Å². The van der Waals surface area contributed by atoms with E-state index in [9.17, 15) is 19.2 Å². The minimum atomic E-state index is -0.480. The van der Waals surface area contributed by atoms with E-state index in [0.29, 0.717) is 25.5 Å². The third kappa shape index (κ3) is 7.43.